The number of piperazine rings is 1. The minimum atomic E-state index is -0.0372. The number of hydrogen-bond donors (Lipinski definition) is 2. The molecule has 0 radical (unpaired) electrons. The summed E-state index contributed by atoms with van der Waals surface area (Å²) in [5.74, 6) is 0.244. The van der Waals surface area contributed by atoms with Crippen molar-refractivity contribution in [3.8, 4) is 0 Å². The van der Waals surface area contributed by atoms with Crippen LogP contribution in [0.15, 0.2) is 24.3 Å². The van der Waals surface area contributed by atoms with Crippen molar-refractivity contribution in [1.29, 1.82) is 0 Å². The van der Waals surface area contributed by atoms with Crippen molar-refractivity contribution in [2.45, 2.75) is 31.7 Å². The predicted molar refractivity (Wildman–Crippen MR) is 101 cm³/mol. The second-order valence-corrected chi connectivity index (χ2v) is 7.66. The quantitative estimate of drug-likeness (QED) is 0.831. The highest BCUT2D eigenvalue weighted by Crippen LogP contribution is 2.30. The number of likely N-dealkylation sites (tertiary alicyclic amines) is 1. The molecule has 1 aliphatic carbocycles. The topological polar surface area (TPSA) is 81.8 Å². The summed E-state index contributed by atoms with van der Waals surface area (Å²) in [6, 6.07) is 7.25. The lowest BCUT2D eigenvalue weighted by atomic mass is 10.0. The molecule has 3 aliphatic rings. The monoisotopic (exact) mass is 370 g/mol. The molecule has 2 saturated heterocycles. The van der Waals surface area contributed by atoms with E-state index >= 15 is 0 Å². The van der Waals surface area contributed by atoms with Crippen LogP contribution in [0.2, 0.25) is 0 Å². The number of nitrogens with one attached hydrogen (secondary N) is 2. The van der Waals surface area contributed by atoms with Crippen LogP contribution >= 0.6 is 0 Å². The van der Waals surface area contributed by atoms with Gasteiger partial charge in [-0.15, -0.1) is 0 Å². The van der Waals surface area contributed by atoms with Gasteiger partial charge in [-0.05, 0) is 43.9 Å². The summed E-state index contributed by atoms with van der Waals surface area (Å²) < 4.78 is 0. The number of nitrogens with zero attached hydrogens (tertiary/aromatic N) is 2. The Hall–Kier alpha value is -2.41. The van der Waals surface area contributed by atoms with Gasteiger partial charge in [-0.25, -0.2) is 0 Å². The van der Waals surface area contributed by atoms with Crippen LogP contribution in [0.3, 0.4) is 0 Å². The third kappa shape index (κ3) is 4.13. The van der Waals surface area contributed by atoms with Crippen molar-refractivity contribution in [3.63, 3.8) is 0 Å². The van der Waals surface area contributed by atoms with Gasteiger partial charge in [0.15, 0.2) is 0 Å². The zero-order chi connectivity index (χ0) is 18.8. The zero-order valence-electron chi connectivity index (χ0n) is 15.4. The van der Waals surface area contributed by atoms with Crippen molar-refractivity contribution in [3.05, 3.63) is 29.8 Å². The molecule has 0 aromatic heterocycles. The van der Waals surface area contributed by atoms with E-state index in [2.05, 4.69) is 10.6 Å². The molecule has 4 rings (SSSR count). The van der Waals surface area contributed by atoms with E-state index in [1.54, 1.807) is 18.2 Å². The van der Waals surface area contributed by atoms with Gasteiger partial charge in [0.1, 0.15) is 0 Å². The highest BCUT2D eigenvalue weighted by molar-refractivity contribution is 5.98. The molecule has 144 valence electrons. The number of hydrogen-bond acceptors (Lipinski definition) is 4. The van der Waals surface area contributed by atoms with E-state index in [9.17, 15) is 14.4 Å². The first kappa shape index (κ1) is 18.0. The first-order valence-corrected chi connectivity index (χ1v) is 9.82. The highest BCUT2D eigenvalue weighted by atomic mass is 16.2. The summed E-state index contributed by atoms with van der Waals surface area (Å²) in [7, 11) is 0. The summed E-state index contributed by atoms with van der Waals surface area (Å²) in [6.07, 6.45) is 3.73. The maximum atomic E-state index is 13.0. The Balaban J connectivity index is 1.42. The normalized spacial score (nSPS) is 23.3. The number of carbonyl (C=O) groups is 3. The predicted octanol–water partition coefficient (Wildman–Crippen LogP) is 1.07. The van der Waals surface area contributed by atoms with Gasteiger partial charge in [0.2, 0.25) is 11.8 Å². The Bertz CT molecular complexity index is 746. The van der Waals surface area contributed by atoms with Gasteiger partial charge in [-0.3, -0.25) is 14.4 Å². The first-order valence-electron chi connectivity index (χ1n) is 9.82. The van der Waals surface area contributed by atoms with Crippen molar-refractivity contribution in [2.75, 3.05) is 38.0 Å². The lowest BCUT2D eigenvalue weighted by molar-refractivity contribution is -0.135. The fourth-order valence-electron chi connectivity index (χ4n) is 3.90. The van der Waals surface area contributed by atoms with Crippen LogP contribution < -0.4 is 10.6 Å². The van der Waals surface area contributed by atoms with Crippen molar-refractivity contribution < 1.29 is 14.4 Å². The van der Waals surface area contributed by atoms with Crippen LogP contribution in [-0.2, 0) is 9.59 Å². The summed E-state index contributed by atoms with van der Waals surface area (Å²) in [4.78, 5) is 40.9. The van der Waals surface area contributed by atoms with E-state index in [0.29, 0.717) is 37.4 Å². The highest BCUT2D eigenvalue weighted by Gasteiger charge is 2.32. The molecular weight excluding hydrogens is 344 g/mol. The third-order valence-electron chi connectivity index (χ3n) is 5.58. The van der Waals surface area contributed by atoms with Gasteiger partial charge < -0.3 is 20.4 Å². The summed E-state index contributed by atoms with van der Waals surface area (Å²) in [6.45, 7) is 3.16. The standard InChI is InChI=1S/C20H26N4O3/c25-18-12-21-8-10-24(18)17-5-2-9-23(13-17)20(27)15-3-1-4-16(11-15)22-19(26)14-6-7-14/h1,3-4,11,14,17,21H,2,5-10,12-13H2,(H,22,26). The second kappa shape index (κ2) is 7.68. The molecule has 2 aliphatic heterocycles. The van der Waals surface area contributed by atoms with Gasteiger partial charge >= 0.3 is 0 Å². The number of piperidine rings is 1. The van der Waals surface area contributed by atoms with Crippen LogP contribution in [0, 0.1) is 5.92 Å². The molecule has 2 N–H and O–H groups in total. The molecule has 3 fully saturated rings. The van der Waals surface area contributed by atoms with Crippen molar-refractivity contribution >= 4 is 23.4 Å². The number of rotatable bonds is 4. The molecule has 0 bridgehead atoms. The average Bonchev–Trinajstić information content (AvgIpc) is 3.53. The third-order valence-corrected chi connectivity index (χ3v) is 5.58. The fourth-order valence-corrected chi connectivity index (χ4v) is 3.90. The molecule has 0 spiro atoms. The maximum Gasteiger partial charge on any atom is 0.253 e. The number of anilines is 1. The van der Waals surface area contributed by atoms with E-state index in [1.165, 1.54) is 0 Å². The Morgan fingerprint density at radius 1 is 1.15 bits per heavy atom. The molecule has 1 atom stereocenters. The molecule has 3 amide bonds. The largest absolute Gasteiger partial charge is 0.337 e. The lowest BCUT2D eigenvalue weighted by Crippen LogP contribution is -2.57. The fraction of sp³-hybridized carbons (Fsp3) is 0.550. The molecule has 1 aromatic rings. The summed E-state index contributed by atoms with van der Waals surface area (Å²) in [5.41, 5.74) is 1.25. The van der Waals surface area contributed by atoms with E-state index in [4.69, 9.17) is 0 Å². The van der Waals surface area contributed by atoms with E-state index < -0.39 is 0 Å². The minimum Gasteiger partial charge on any atom is -0.337 e. The molecule has 7 nitrogen and oxygen atoms in total. The Morgan fingerprint density at radius 3 is 2.78 bits per heavy atom. The van der Waals surface area contributed by atoms with E-state index in [-0.39, 0.29) is 29.7 Å². The molecule has 27 heavy (non-hydrogen) atoms. The van der Waals surface area contributed by atoms with E-state index in [1.807, 2.05) is 15.9 Å². The molecule has 1 saturated carbocycles. The second-order valence-electron chi connectivity index (χ2n) is 7.66. The van der Waals surface area contributed by atoms with Crippen molar-refractivity contribution in [2.24, 2.45) is 5.92 Å². The molecule has 1 aromatic carbocycles. The SMILES string of the molecule is O=C(Nc1cccc(C(=O)N2CCCC(N3CCNCC3=O)C2)c1)C1CC1. The molecule has 7 heteroatoms. The van der Waals surface area contributed by atoms with Gasteiger partial charge in [-0.1, -0.05) is 6.07 Å². The first-order chi connectivity index (χ1) is 13.1. The van der Waals surface area contributed by atoms with Crippen LogP contribution in [0.4, 0.5) is 5.69 Å². The number of amides is 3. The van der Waals surface area contributed by atoms with Crippen LogP contribution in [-0.4, -0.2) is 66.3 Å². The molecular formula is C20H26N4O3. The zero-order valence-corrected chi connectivity index (χ0v) is 15.4. The maximum absolute atomic E-state index is 13.0. The summed E-state index contributed by atoms with van der Waals surface area (Å²) >= 11 is 0. The van der Waals surface area contributed by atoms with Gasteiger partial charge in [0.25, 0.3) is 5.91 Å². The van der Waals surface area contributed by atoms with Crippen LogP contribution in [0.25, 0.3) is 0 Å². The molecule has 2 heterocycles. The van der Waals surface area contributed by atoms with Gasteiger partial charge in [-0.2, -0.15) is 0 Å². The average molecular weight is 370 g/mol. The Labute approximate surface area is 159 Å². The Kier molecular flexibility index (Phi) is 5.11. The van der Waals surface area contributed by atoms with Crippen molar-refractivity contribution in [1.82, 2.24) is 15.1 Å². The van der Waals surface area contributed by atoms with Gasteiger partial charge in [0.05, 0.1) is 6.54 Å². The van der Waals surface area contributed by atoms with Crippen LogP contribution in [0.1, 0.15) is 36.0 Å². The smallest absolute Gasteiger partial charge is 0.253 e. The number of carbonyl (C=O) groups excluding carboxylic acids is 3. The van der Waals surface area contributed by atoms with Crippen LogP contribution in [0.5, 0.6) is 0 Å². The molecule has 1 unspecified atom stereocenters. The minimum absolute atomic E-state index is 0.0369. The Morgan fingerprint density at radius 2 is 2.00 bits per heavy atom. The summed E-state index contributed by atoms with van der Waals surface area (Å²) in [5, 5.41) is 5.99. The lowest BCUT2D eigenvalue weighted by Gasteiger charge is -2.41. The van der Waals surface area contributed by atoms with E-state index in [0.717, 1.165) is 32.2 Å². The van der Waals surface area contributed by atoms with Gasteiger partial charge in [0, 0.05) is 49.4 Å². The number of benzene rings is 1.